The van der Waals surface area contributed by atoms with Gasteiger partial charge in [0.1, 0.15) is 5.69 Å². The number of imidazole rings is 1. The molecule has 0 saturated heterocycles. The quantitative estimate of drug-likeness (QED) is 0.478. The molecule has 3 aliphatic rings. The smallest absolute Gasteiger partial charge is 0.161 e. The molecule has 1 N–H and O–H groups in total. The van der Waals surface area contributed by atoms with Gasteiger partial charge in [0.25, 0.3) is 0 Å². The minimum absolute atomic E-state index is 0.689. The monoisotopic (exact) mass is 299 g/mol. The van der Waals surface area contributed by atoms with Crippen molar-refractivity contribution in [3.8, 4) is 33.9 Å². The highest BCUT2D eigenvalue weighted by molar-refractivity contribution is 5.89. The molecule has 0 spiro atoms. The van der Waals surface area contributed by atoms with Crippen molar-refractivity contribution in [2.45, 2.75) is 6.42 Å². The Morgan fingerprint density at radius 2 is 1.61 bits per heavy atom. The van der Waals surface area contributed by atoms with Crippen LogP contribution >= 0.6 is 0 Å². The normalized spacial score (nSPS) is 12.3. The molecular weight excluding hydrogens is 286 g/mol. The van der Waals surface area contributed by atoms with Crippen molar-refractivity contribution in [2.24, 2.45) is 0 Å². The maximum atomic E-state index is 9.54. The minimum Gasteiger partial charge on any atom is -0.429 e. The molecule has 0 amide bonds. The van der Waals surface area contributed by atoms with Crippen LogP contribution in [-0.2, 0) is 6.42 Å². The van der Waals surface area contributed by atoms with E-state index in [2.05, 4.69) is 52.4 Å². The molecule has 2 aromatic rings. The number of aromatic nitrogens is 3. The number of rotatable bonds is 1. The van der Waals surface area contributed by atoms with Gasteiger partial charge in [0.05, 0.1) is 11.9 Å². The van der Waals surface area contributed by atoms with Crippen LogP contribution in [0.15, 0.2) is 60.9 Å². The zero-order valence-electron chi connectivity index (χ0n) is 12.3. The molecule has 5 rings (SSSR count). The van der Waals surface area contributed by atoms with Gasteiger partial charge in [-0.05, 0) is 34.7 Å². The summed E-state index contributed by atoms with van der Waals surface area (Å²) in [6.07, 6.45) is 4.09. The van der Waals surface area contributed by atoms with Crippen LogP contribution in [0.3, 0.4) is 0 Å². The Balaban J connectivity index is 1.77. The fraction of sp³-hybridized carbons (Fsp3) is 0.0526. The Morgan fingerprint density at radius 3 is 2.57 bits per heavy atom. The second-order valence-corrected chi connectivity index (χ2v) is 5.82. The van der Waals surface area contributed by atoms with E-state index in [4.69, 9.17) is 0 Å². The zero-order valence-corrected chi connectivity index (χ0v) is 12.3. The zero-order chi connectivity index (χ0) is 15.4. The van der Waals surface area contributed by atoms with Crippen LogP contribution in [-0.4, -0.2) is 19.9 Å². The lowest BCUT2D eigenvalue weighted by Crippen LogP contribution is -1.91. The number of fused-ring (bicyclic) bond motifs is 4. The molecule has 1 aliphatic carbocycles. The Morgan fingerprint density at radius 1 is 0.826 bits per heavy atom. The molecule has 4 heteroatoms. The molecule has 2 aromatic carbocycles. The molecule has 0 fully saturated rings. The summed E-state index contributed by atoms with van der Waals surface area (Å²) < 4.78 is 1.01. The predicted molar refractivity (Wildman–Crippen MR) is 87.5 cm³/mol. The standard InChI is InChI=1S/C19H13N3O/c23-22-9-8-16-17(11-22)21-19(20-16)15-7-3-5-13-10-12-4-1-2-6-14(12)18(13)15/h1-9,11,23H,10H2. The van der Waals surface area contributed by atoms with Crippen LogP contribution in [0.5, 0.6) is 0 Å². The van der Waals surface area contributed by atoms with Gasteiger partial charge in [-0.3, -0.25) is 0 Å². The minimum atomic E-state index is 0.689. The Kier molecular flexibility index (Phi) is 2.39. The third-order valence-electron chi connectivity index (χ3n) is 4.41. The van der Waals surface area contributed by atoms with Crippen molar-refractivity contribution in [1.82, 2.24) is 14.7 Å². The van der Waals surface area contributed by atoms with Crippen LogP contribution < -0.4 is 0 Å². The topological polar surface area (TPSA) is 50.9 Å². The van der Waals surface area contributed by atoms with E-state index in [0.29, 0.717) is 11.5 Å². The second-order valence-electron chi connectivity index (χ2n) is 5.82. The molecule has 2 aliphatic heterocycles. The SMILES string of the molecule is On1ccc2nc(-c3cccc4c3-c3ccccc3C4)nc-2c1. The van der Waals surface area contributed by atoms with Gasteiger partial charge in [0, 0.05) is 11.8 Å². The fourth-order valence-corrected chi connectivity index (χ4v) is 3.40. The number of benzene rings is 2. The highest BCUT2D eigenvalue weighted by Crippen LogP contribution is 2.42. The van der Waals surface area contributed by atoms with Crippen molar-refractivity contribution >= 4 is 0 Å². The van der Waals surface area contributed by atoms with Crippen LogP contribution in [0, 0.1) is 0 Å². The van der Waals surface area contributed by atoms with E-state index in [0.717, 1.165) is 22.4 Å². The predicted octanol–water partition coefficient (Wildman–Crippen LogP) is 3.86. The number of hydrogen-bond acceptors (Lipinski definition) is 3. The Bertz CT molecular complexity index is 1020. The Labute approximate surface area is 133 Å². The summed E-state index contributed by atoms with van der Waals surface area (Å²) >= 11 is 0. The van der Waals surface area contributed by atoms with Gasteiger partial charge < -0.3 is 5.21 Å². The van der Waals surface area contributed by atoms with Crippen LogP contribution in [0.4, 0.5) is 0 Å². The van der Waals surface area contributed by atoms with Crippen molar-refractivity contribution in [2.75, 3.05) is 0 Å². The summed E-state index contributed by atoms with van der Waals surface area (Å²) in [6.45, 7) is 0. The first-order valence-electron chi connectivity index (χ1n) is 7.55. The van der Waals surface area contributed by atoms with Crippen molar-refractivity contribution < 1.29 is 5.21 Å². The summed E-state index contributed by atoms with van der Waals surface area (Å²) in [7, 11) is 0. The molecule has 4 nitrogen and oxygen atoms in total. The Hall–Kier alpha value is -3.14. The molecule has 2 heterocycles. The van der Waals surface area contributed by atoms with Crippen molar-refractivity contribution in [3.63, 3.8) is 0 Å². The number of hydrogen-bond donors (Lipinski definition) is 1. The summed E-state index contributed by atoms with van der Waals surface area (Å²) in [5.41, 5.74) is 7.68. The molecular formula is C19H13N3O. The third kappa shape index (κ3) is 1.78. The maximum absolute atomic E-state index is 9.54. The van der Waals surface area contributed by atoms with Crippen molar-refractivity contribution in [1.29, 1.82) is 0 Å². The van der Waals surface area contributed by atoms with Gasteiger partial charge in [0.15, 0.2) is 5.82 Å². The van der Waals surface area contributed by atoms with E-state index in [1.807, 2.05) is 0 Å². The number of nitrogens with zero attached hydrogens (tertiary/aromatic N) is 3. The van der Waals surface area contributed by atoms with Crippen LogP contribution in [0.2, 0.25) is 0 Å². The summed E-state index contributed by atoms with van der Waals surface area (Å²) in [5.74, 6) is 0.708. The third-order valence-corrected chi connectivity index (χ3v) is 4.41. The molecule has 23 heavy (non-hydrogen) atoms. The van der Waals surface area contributed by atoms with Gasteiger partial charge in [-0.1, -0.05) is 42.5 Å². The van der Waals surface area contributed by atoms with E-state index in [9.17, 15) is 5.21 Å². The van der Waals surface area contributed by atoms with Gasteiger partial charge in [-0.2, -0.15) is 4.73 Å². The van der Waals surface area contributed by atoms with Gasteiger partial charge in [-0.25, -0.2) is 9.97 Å². The molecule has 0 aromatic heterocycles. The summed E-state index contributed by atoms with van der Waals surface area (Å²) in [6, 6.07) is 16.6. The molecule has 0 unspecified atom stereocenters. The number of pyridine rings is 1. The van der Waals surface area contributed by atoms with Crippen LogP contribution in [0.1, 0.15) is 11.1 Å². The average Bonchev–Trinajstić information content (AvgIpc) is 3.14. The highest BCUT2D eigenvalue weighted by Gasteiger charge is 2.23. The first-order valence-corrected chi connectivity index (χ1v) is 7.55. The molecule has 110 valence electrons. The summed E-state index contributed by atoms with van der Waals surface area (Å²) in [4.78, 5) is 9.24. The lowest BCUT2D eigenvalue weighted by Gasteiger charge is -2.06. The van der Waals surface area contributed by atoms with E-state index >= 15 is 0 Å². The van der Waals surface area contributed by atoms with Gasteiger partial charge in [-0.15, -0.1) is 0 Å². The van der Waals surface area contributed by atoms with Gasteiger partial charge in [0.2, 0.25) is 0 Å². The fourth-order valence-electron chi connectivity index (χ4n) is 3.40. The average molecular weight is 299 g/mol. The van der Waals surface area contributed by atoms with Crippen molar-refractivity contribution in [3.05, 3.63) is 72.1 Å². The van der Waals surface area contributed by atoms with E-state index < -0.39 is 0 Å². The van der Waals surface area contributed by atoms with Gasteiger partial charge >= 0.3 is 0 Å². The maximum Gasteiger partial charge on any atom is 0.161 e. The summed E-state index contributed by atoms with van der Waals surface area (Å²) in [5, 5.41) is 9.54. The van der Waals surface area contributed by atoms with E-state index in [1.54, 1.807) is 18.5 Å². The first-order chi connectivity index (χ1) is 11.3. The molecule has 0 radical (unpaired) electrons. The first kappa shape index (κ1) is 12.4. The lowest BCUT2D eigenvalue weighted by molar-refractivity contribution is 0.184. The second kappa shape index (κ2) is 4.43. The molecule has 0 bridgehead atoms. The lowest BCUT2D eigenvalue weighted by atomic mass is 9.99. The molecule has 0 atom stereocenters. The van der Waals surface area contributed by atoms with Crippen LogP contribution in [0.25, 0.3) is 33.9 Å². The highest BCUT2D eigenvalue weighted by atomic mass is 16.5. The van der Waals surface area contributed by atoms with E-state index in [1.165, 1.54) is 22.3 Å². The van der Waals surface area contributed by atoms with E-state index in [-0.39, 0.29) is 0 Å². The largest absolute Gasteiger partial charge is 0.429 e. The molecule has 0 saturated carbocycles.